The largest absolute Gasteiger partial charge is 0.489 e. The number of alkyl halides is 2. The monoisotopic (exact) mass is 810 g/mol. The topological polar surface area (TPSA) is 185 Å². The van der Waals surface area contributed by atoms with Gasteiger partial charge in [0.2, 0.25) is 15.9 Å². The summed E-state index contributed by atoms with van der Waals surface area (Å²) < 4.78 is 72.4. The van der Waals surface area contributed by atoms with Gasteiger partial charge in [-0.3, -0.25) is 14.5 Å². The SMILES string of the molecule is NC(=O)C[N+]1(CCNC(=O)C2CCC(C(F)(F)c3cc(Cl)nc(N4CCN(S(=O)(=O)c5ccc6c(c5)OC[C@@H]5[C@H](CO)OC(=O)N65)CC4)c3)CC2)CCCC1. The third-order valence-electron chi connectivity index (χ3n) is 11.9. The first kappa shape index (κ1) is 39.4. The number of nitrogens with one attached hydrogen (secondary N) is 1. The Labute approximate surface area is 323 Å². The number of fused-ring (bicyclic) bond motifs is 3. The number of cyclic esters (lactones) is 1. The minimum absolute atomic E-state index is 0.0278. The van der Waals surface area contributed by atoms with Crippen LogP contribution < -0.4 is 25.6 Å². The highest BCUT2D eigenvalue weighted by Gasteiger charge is 2.47. The fourth-order valence-corrected chi connectivity index (χ4v) is 10.4. The van der Waals surface area contributed by atoms with E-state index in [2.05, 4.69) is 10.3 Å². The van der Waals surface area contributed by atoms with Crippen molar-refractivity contribution < 1.29 is 50.6 Å². The highest BCUT2D eigenvalue weighted by molar-refractivity contribution is 7.89. The molecule has 0 unspecified atom stereocenters. The van der Waals surface area contributed by atoms with Gasteiger partial charge in [-0.15, -0.1) is 0 Å². The molecule has 5 heterocycles. The van der Waals surface area contributed by atoms with E-state index in [1.807, 2.05) is 0 Å². The first-order valence-electron chi connectivity index (χ1n) is 18.8. The molecule has 55 heavy (non-hydrogen) atoms. The van der Waals surface area contributed by atoms with Crippen LogP contribution in [0.4, 0.5) is 25.1 Å². The van der Waals surface area contributed by atoms with Gasteiger partial charge in [-0.05, 0) is 49.9 Å². The molecule has 300 valence electrons. The van der Waals surface area contributed by atoms with Gasteiger partial charge in [0.05, 0.1) is 43.4 Å². The number of sulfonamides is 1. The summed E-state index contributed by atoms with van der Waals surface area (Å²) in [5, 5.41) is 12.4. The lowest BCUT2D eigenvalue weighted by Gasteiger charge is -2.36. The molecule has 15 nitrogen and oxygen atoms in total. The number of aliphatic hydroxyl groups excluding tert-OH is 1. The lowest BCUT2D eigenvalue weighted by molar-refractivity contribution is -0.907. The van der Waals surface area contributed by atoms with Gasteiger partial charge in [0.25, 0.3) is 11.8 Å². The highest BCUT2D eigenvalue weighted by atomic mass is 35.5. The van der Waals surface area contributed by atoms with Gasteiger partial charge in [0, 0.05) is 62.5 Å². The fourth-order valence-electron chi connectivity index (χ4n) is 8.79. The number of primary amides is 1. The second-order valence-corrected chi connectivity index (χ2v) is 17.5. The van der Waals surface area contributed by atoms with Crippen molar-refractivity contribution in [3.05, 3.63) is 41.0 Å². The van der Waals surface area contributed by atoms with Crippen molar-refractivity contribution in [3.63, 3.8) is 0 Å². The van der Waals surface area contributed by atoms with E-state index in [9.17, 15) is 27.9 Å². The summed E-state index contributed by atoms with van der Waals surface area (Å²) in [7, 11) is -3.99. The first-order valence-corrected chi connectivity index (χ1v) is 20.6. The first-order chi connectivity index (χ1) is 26.2. The van der Waals surface area contributed by atoms with E-state index < -0.39 is 40.1 Å². The Morgan fingerprint density at radius 1 is 1.07 bits per heavy atom. The van der Waals surface area contributed by atoms with E-state index in [0.717, 1.165) is 25.9 Å². The Morgan fingerprint density at radius 3 is 2.45 bits per heavy atom. The number of hydrogen-bond donors (Lipinski definition) is 3. The second-order valence-electron chi connectivity index (χ2n) is 15.2. The number of aliphatic hydroxyl groups is 1. The maximum Gasteiger partial charge on any atom is 0.415 e. The molecule has 5 aliphatic rings. The minimum atomic E-state index is -3.99. The van der Waals surface area contributed by atoms with Crippen molar-refractivity contribution in [3.8, 4) is 5.75 Å². The maximum atomic E-state index is 16.1. The predicted molar refractivity (Wildman–Crippen MR) is 196 cm³/mol. The average molecular weight is 811 g/mol. The van der Waals surface area contributed by atoms with Crippen molar-refractivity contribution >= 4 is 51.0 Å². The summed E-state index contributed by atoms with van der Waals surface area (Å²) in [6, 6.07) is 6.18. The number of amides is 3. The molecular weight excluding hydrogens is 764 g/mol. The molecule has 4 fully saturated rings. The van der Waals surface area contributed by atoms with Crippen LogP contribution >= 0.6 is 11.6 Å². The molecule has 2 aromatic rings. The number of quaternary nitrogens is 1. The maximum absolute atomic E-state index is 16.1. The van der Waals surface area contributed by atoms with Gasteiger partial charge in [0.1, 0.15) is 29.4 Å². The smallest absolute Gasteiger partial charge is 0.415 e. The van der Waals surface area contributed by atoms with Crippen LogP contribution in [0.1, 0.15) is 44.1 Å². The molecule has 19 heteroatoms. The third-order valence-corrected chi connectivity index (χ3v) is 13.9. The summed E-state index contributed by atoms with van der Waals surface area (Å²) in [4.78, 5) is 44.4. The number of halogens is 3. The van der Waals surface area contributed by atoms with E-state index in [0.29, 0.717) is 36.1 Å². The molecule has 1 aromatic carbocycles. The standard InChI is InChI=1S/C36H46ClF2N7O8S/c37-31-17-25(36(38,39)24-5-3-23(4-6-24)34(49)41-9-16-46(20-32(40)48)14-1-2-15-46)18-33(42-31)43-10-12-44(13-11-43)55(51,52)26-7-8-27-29(19-26)53-22-28-30(21-47)54-35(50)45(27)28/h7-8,17-19,23-24,28,30,47H,1-6,9-16,20-22H2,(H2-,40,41,48,49)/p+1/t23?,24?,28-,30+/m1/s1. The number of likely N-dealkylation sites (tertiary alicyclic amines) is 1. The van der Waals surface area contributed by atoms with Crippen LogP contribution in [0.2, 0.25) is 5.15 Å². The zero-order valence-electron chi connectivity index (χ0n) is 30.4. The van der Waals surface area contributed by atoms with Gasteiger partial charge in [0.15, 0.2) is 12.6 Å². The number of carbonyl (C=O) groups is 3. The van der Waals surface area contributed by atoms with Crippen molar-refractivity contribution in [1.82, 2.24) is 14.6 Å². The molecule has 1 aromatic heterocycles. The number of nitrogens with zero attached hydrogens (tertiary/aromatic N) is 5. The predicted octanol–water partition coefficient (Wildman–Crippen LogP) is 2.43. The van der Waals surface area contributed by atoms with E-state index in [-0.39, 0.29) is 104 Å². The number of carbonyl (C=O) groups excluding carboxylic acids is 3. The van der Waals surface area contributed by atoms with E-state index in [4.69, 9.17) is 26.8 Å². The normalized spacial score (nSPS) is 25.5. The van der Waals surface area contributed by atoms with Crippen LogP contribution in [0.3, 0.4) is 0 Å². The third kappa shape index (κ3) is 7.93. The van der Waals surface area contributed by atoms with Crippen LogP contribution in [-0.4, -0.2) is 129 Å². The Kier molecular flexibility index (Phi) is 11.2. The number of piperazine rings is 1. The van der Waals surface area contributed by atoms with Crippen LogP contribution in [0.5, 0.6) is 5.75 Å². The number of benzene rings is 1. The van der Waals surface area contributed by atoms with E-state index in [1.165, 1.54) is 39.5 Å². The van der Waals surface area contributed by atoms with Crippen LogP contribution in [0.15, 0.2) is 35.2 Å². The number of rotatable bonds is 12. The molecule has 7 rings (SSSR count). The molecule has 4 aliphatic heterocycles. The summed E-state index contributed by atoms with van der Waals surface area (Å²) in [6.45, 7) is 3.05. The lowest BCUT2D eigenvalue weighted by Crippen LogP contribution is -2.54. The van der Waals surface area contributed by atoms with Crippen molar-refractivity contribution in [1.29, 1.82) is 0 Å². The van der Waals surface area contributed by atoms with Gasteiger partial charge in [-0.1, -0.05) is 11.6 Å². The van der Waals surface area contributed by atoms with Gasteiger partial charge >= 0.3 is 6.09 Å². The summed E-state index contributed by atoms with van der Waals surface area (Å²) in [6.07, 6.45) is 1.56. The number of anilines is 2. The number of pyridine rings is 1. The van der Waals surface area contributed by atoms with Gasteiger partial charge in [-0.2, -0.15) is 4.31 Å². The molecule has 3 amide bonds. The Morgan fingerprint density at radius 2 is 1.78 bits per heavy atom. The van der Waals surface area contributed by atoms with Gasteiger partial charge < -0.3 is 35.0 Å². The number of ether oxygens (including phenoxy) is 2. The lowest BCUT2D eigenvalue weighted by atomic mass is 9.77. The second kappa shape index (κ2) is 15.6. The fraction of sp³-hybridized carbons (Fsp3) is 0.611. The zero-order valence-corrected chi connectivity index (χ0v) is 31.9. The average Bonchev–Trinajstić information content (AvgIpc) is 3.77. The summed E-state index contributed by atoms with van der Waals surface area (Å²) >= 11 is 6.30. The molecule has 0 bridgehead atoms. The molecule has 0 radical (unpaired) electrons. The Balaban J connectivity index is 0.939. The number of aromatic nitrogens is 1. The highest BCUT2D eigenvalue weighted by Crippen LogP contribution is 2.46. The van der Waals surface area contributed by atoms with E-state index >= 15 is 8.78 Å². The molecular formula is C36H47ClF2N7O8S+. The molecule has 3 saturated heterocycles. The molecule has 0 spiro atoms. The molecule has 4 N–H and O–H groups in total. The summed E-state index contributed by atoms with van der Waals surface area (Å²) in [5.74, 6) is -4.71. The number of hydrogen-bond acceptors (Lipinski definition) is 10. The Bertz CT molecular complexity index is 1900. The van der Waals surface area contributed by atoms with Crippen molar-refractivity contribution in [2.45, 2.75) is 61.5 Å². The van der Waals surface area contributed by atoms with Crippen molar-refractivity contribution in [2.75, 3.05) is 81.9 Å². The van der Waals surface area contributed by atoms with Gasteiger partial charge in [-0.25, -0.2) is 27.0 Å². The zero-order chi connectivity index (χ0) is 39.1. The van der Waals surface area contributed by atoms with E-state index in [1.54, 1.807) is 4.90 Å². The van der Waals surface area contributed by atoms with Crippen LogP contribution in [-0.2, 0) is 30.3 Å². The number of nitrogens with two attached hydrogens (primary N) is 1. The minimum Gasteiger partial charge on any atom is -0.489 e. The molecule has 1 aliphatic carbocycles. The molecule has 1 saturated carbocycles. The van der Waals surface area contributed by atoms with Crippen molar-refractivity contribution in [2.24, 2.45) is 17.6 Å². The van der Waals surface area contributed by atoms with Crippen LogP contribution in [0, 0.1) is 11.8 Å². The quantitative estimate of drug-likeness (QED) is 0.213. The Hall–Kier alpha value is -3.84. The molecule has 2 atom stereocenters. The van der Waals surface area contributed by atoms with Crippen LogP contribution in [0.25, 0.3) is 0 Å². The summed E-state index contributed by atoms with van der Waals surface area (Å²) in [5.41, 5.74) is 5.54.